The van der Waals surface area contributed by atoms with E-state index in [9.17, 15) is 13.2 Å². The number of hydrogen-bond donors (Lipinski definition) is 2. The van der Waals surface area contributed by atoms with Gasteiger partial charge in [-0.2, -0.15) is 0 Å². The minimum atomic E-state index is -3.53. The van der Waals surface area contributed by atoms with E-state index in [2.05, 4.69) is 4.72 Å². The largest absolute Gasteiger partial charge is 0.336 e. The van der Waals surface area contributed by atoms with Crippen molar-refractivity contribution >= 4 is 15.9 Å². The van der Waals surface area contributed by atoms with Crippen LogP contribution in [0.4, 0.5) is 0 Å². The van der Waals surface area contributed by atoms with Gasteiger partial charge in [0.2, 0.25) is 10.0 Å². The summed E-state index contributed by atoms with van der Waals surface area (Å²) in [5, 5.41) is 0. The van der Waals surface area contributed by atoms with Crippen molar-refractivity contribution in [3.8, 4) is 0 Å². The maximum absolute atomic E-state index is 12.6. The van der Waals surface area contributed by atoms with E-state index in [0.717, 1.165) is 6.42 Å². The van der Waals surface area contributed by atoms with Gasteiger partial charge in [-0.15, -0.1) is 0 Å². The first-order valence-electron chi connectivity index (χ1n) is 8.35. The molecule has 0 saturated carbocycles. The standard InChI is InChI=1S/C17H27N3O3S/c1-12(2)10-19-24(22,23)16-6-4-15(5-7-16)17(21)20-11-14(9-18)8-13(20)3/h4-7,12-14,19H,8-11,18H2,1-3H3. The summed E-state index contributed by atoms with van der Waals surface area (Å²) in [5.41, 5.74) is 6.21. The van der Waals surface area contributed by atoms with E-state index < -0.39 is 10.0 Å². The van der Waals surface area contributed by atoms with Crippen molar-refractivity contribution < 1.29 is 13.2 Å². The number of rotatable bonds is 6. The molecule has 0 bridgehead atoms. The Bertz CT molecular complexity index is 671. The highest BCUT2D eigenvalue weighted by atomic mass is 32.2. The Morgan fingerprint density at radius 3 is 2.46 bits per heavy atom. The molecule has 1 amide bonds. The number of carbonyl (C=O) groups excluding carboxylic acids is 1. The molecule has 0 spiro atoms. The zero-order valence-electron chi connectivity index (χ0n) is 14.5. The Kier molecular flexibility index (Phi) is 6.01. The fraction of sp³-hybridized carbons (Fsp3) is 0.588. The van der Waals surface area contributed by atoms with Crippen LogP contribution in [0, 0.1) is 11.8 Å². The molecule has 1 aromatic rings. The van der Waals surface area contributed by atoms with Crippen LogP contribution in [0.5, 0.6) is 0 Å². The van der Waals surface area contributed by atoms with Crippen molar-refractivity contribution in [3.63, 3.8) is 0 Å². The van der Waals surface area contributed by atoms with Crippen LogP contribution in [0.2, 0.25) is 0 Å². The van der Waals surface area contributed by atoms with Crippen LogP contribution in [-0.4, -0.2) is 44.9 Å². The van der Waals surface area contributed by atoms with Crippen LogP contribution in [0.25, 0.3) is 0 Å². The molecular formula is C17H27N3O3S. The van der Waals surface area contributed by atoms with Gasteiger partial charge in [-0.05, 0) is 56.0 Å². The average molecular weight is 353 g/mol. The number of amides is 1. The van der Waals surface area contributed by atoms with Crippen LogP contribution in [0.1, 0.15) is 37.6 Å². The molecule has 3 N–H and O–H groups in total. The second-order valence-electron chi connectivity index (χ2n) is 6.91. The zero-order valence-corrected chi connectivity index (χ0v) is 15.3. The van der Waals surface area contributed by atoms with E-state index in [1.807, 2.05) is 25.7 Å². The molecule has 1 fully saturated rings. The molecule has 7 heteroatoms. The van der Waals surface area contributed by atoms with E-state index in [-0.39, 0.29) is 22.8 Å². The van der Waals surface area contributed by atoms with Gasteiger partial charge < -0.3 is 10.6 Å². The third-order valence-corrected chi connectivity index (χ3v) is 5.79. The molecule has 1 saturated heterocycles. The number of likely N-dealkylation sites (tertiary alicyclic amines) is 1. The summed E-state index contributed by atoms with van der Waals surface area (Å²) in [6.07, 6.45) is 0.911. The average Bonchev–Trinajstić information content (AvgIpc) is 2.93. The Labute approximate surface area is 144 Å². The summed E-state index contributed by atoms with van der Waals surface area (Å²) in [6, 6.07) is 6.28. The zero-order chi connectivity index (χ0) is 17.9. The molecule has 0 aromatic heterocycles. The highest BCUT2D eigenvalue weighted by Gasteiger charge is 2.32. The van der Waals surface area contributed by atoms with Crippen LogP contribution >= 0.6 is 0 Å². The lowest BCUT2D eigenvalue weighted by molar-refractivity contribution is 0.0743. The molecule has 6 nitrogen and oxygen atoms in total. The summed E-state index contributed by atoms with van der Waals surface area (Å²) >= 11 is 0. The molecule has 1 aliphatic heterocycles. The van der Waals surface area contributed by atoms with Gasteiger partial charge in [0, 0.05) is 24.7 Å². The van der Waals surface area contributed by atoms with Crippen LogP contribution in [0.15, 0.2) is 29.2 Å². The third-order valence-electron chi connectivity index (χ3n) is 4.35. The Balaban J connectivity index is 2.10. The topological polar surface area (TPSA) is 92.5 Å². The molecule has 1 heterocycles. The second-order valence-corrected chi connectivity index (χ2v) is 8.68. The van der Waals surface area contributed by atoms with Crippen molar-refractivity contribution in [2.24, 2.45) is 17.6 Å². The summed E-state index contributed by atoms with van der Waals surface area (Å²) in [4.78, 5) is 14.6. The van der Waals surface area contributed by atoms with Crippen LogP contribution in [-0.2, 0) is 10.0 Å². The molecular weight excluding hydrogens is 326 g/mol. The Morgan fingerprint density at radius 2 is 1.96 bits per heavy atom. The van der Waals surface area contributed by atoms with E-state index in [0.29, 0.717) is 31.1 Å². The van der Waals surface area contributed by atoms with Crippen molar-refractivity contribution in [2.75, 3.05) is 19.6 Å². The molecule has 2 rings (SSSR count). The van der Waals surface area contributed by atoms with Gasteiger partial charge in [-0.3, -0.25) is 4.79 Å². The predicted molar refractivity (Wildman–Crippen MR) is 94.1 cm³/mol. The fourth-order valence-corrected chi connectivity index (χ4v) is 4.11. The van der Waals surface area contributed by atoms with Crippen molar-refractivity contribution in [2.45, 2.75) is 38.1 Å². The van der Waals surface area contributed by atoms with Gasteiger partial charge in [0.05, 0.1) is 4.90 Å². The third kappa shape index (κ3) is 4.34. The number of nitrogens with two attached hydrogens (primary N) is 1. The number of nitrogens with zero attached hydrogens (tertiary/aromatic N) is 1. The normalized spacial score (nSPS) is 21.5. The molecule has 0 aliphatic carbocycles. The predicted octanol–water partition coefficient (Wildman–Crippen LogP) is 1.43. The lowest BCUT2D eigenvalue weighted by atomic mass is 10.1. The summed E-state index contributed by atoms with van der Waals surface area (Å²) in [5.74, 6) is 0.495. The van der Waals surface area contributed by atoms with Crippen LogP contribution in [0.3, 0.4) is 0 Å². The quantitative estimate of drug-likeness (QED) is 0.809. The number of carbonyl (C=O) groups is 1. The second kappa shape index (κ2) is 7.63. The maximum Gasteiger partial charge on any atom is 0.254 e. The molecule has 24 heavy (non-hydrogen) atoms. The lowest BCUT2D eigenvalue weighted by Crippen LogP contribution is -2.34. The van der Waals surface area contributed by atoms with Crippen molar-refractivity contribution in [1.82, 2.24) is 9.62 Å². The first kappa shape index (κ1) is 18.9. The minimum absolute atomic E-state index is 0.0717. The van der Waals surface area contributed by atoms with Crippen LogP contribution < -0.4 is 10.5 Å². The number of sulfonamides is 1. The number of benzene rings is 1. The van der Waals surface area contributed by atoms with Crippen molar-refractivity contribution in [3.05, 3.63) is 29.8 Å². The molecule has 2 unspecified atom stereocenters. The van der Waals surface area contributed by atoms with E-state index in [4.69, 9.17) is 5.73 Å². The summed E-state index contributed by atoms with van der Waals surface area (Å²) < 4.78 is 26.9. The Morgan fingerprint density at radius 1 is 1.33 bits per heavy atom. The Hall–Kier alpha value is -1.44. The molecule has 134 valence electrons. The molecule has 0 radical (unpaired) electrons. The first-order valence-corrected chi connectivity index (χ1v) is 9.83. The molecule has 1 aromatic carbocycles. The summed E-state index contributed by atoms with van der Waals surface area (Å²) in [7, 11) is -3.53. The minimum Gasteiger partial charge on any atom is -0.336 e. The number of hydrogen-bond acceptors (Lipinski definition) is 4. The van der Waals surface area contributed by atoms with Gasteiger partial charge in [0.15, 0.2) is 0 Å². The smallest absolute Gasteiger partial charge is 0.254 e. The van der Waals surface area contributed by atoms with E-state index in [1.54, 1.807) is 12.1 Å². The highest BCUT2D eigenvalue weighted by Crippen LogP contribution is 2.24. The van der Waals surface area contributed by atoms with Gasteiger partial charge in [0.1, 0.15) is 0 Å². The highest BCUT2D eigenvalue weighted by molar-refractivity contribution is 7.89. The van der Waals surface area contributed by atoms with Gasteiger partial charge in [0.25, 0.3) is 5.91 Å². The lowest BCUT2D eigenvalue weighted by Gasteiger charge is -2.21. The summed E-state index contributed by atoms with van der Waals surface area (Å²) in [6.45, 7) is 7.52. The number of nitrogens with one attached hydrogen (secondary N) is 1. The first-order chi connectivity index (χ1) is 11.2. The van der Waals surface area contributed by atoms with E-state index in [1.165, 1.54) is 12.1 Å². The van der Waals surface area contributed by atoms with Gasteiger partial charge >= 0.3 is 0 Å². The van der Waals surface area contributed by atoms with Crippen molar-refractivity contribution in [1.29, 1.82) is 0 Å². The van der Waals surface area contributed by atoms with E-state index >= 15 is 0 Å². The monoisotopic (exact) mass is 353 g/mol. The maximum atomic E-state index is 12.6. The fourth-order valence-electron chi connectivity index (χ4n) is 2.90. The molecule has 2 atom stereocenters. The molecule has 1 aliphatic rings. The van der Waals surface area contributed by atoms with Gasteiger partial charge in [-0.1, -0.05) is 13.8 Å². The van der Waals surface area contributed by atoms with Gasteiger partial charge in [-0.25, -0.2) is 13.1 Å². The SMILES string of the molecule is CC(C)CNS(=O)(=O)c1ccc(C(=O)N2CC(CN)CC2C)cc1.